The number of thioether (sulfide) groups is 1. The largest absolute Gasteiger partial charge is 0.338 e. The van der Waals surface area contributed by atoms with Crippen molar-refractivity contribution < 1.29 is 9.59 Å². The highest BCUT2D eigenvalue weighted by Gasteiger charge is 2.31. The minimum absolute atomic E-state index is 0.0900. The molecule has 0 unspecified atom stereocenters. The predicted octanol–water partition coefficient (Wildman–Crippen LogP) is 1.75. The van der Waals surface area contributed by atoms with Crippen LogP contribution in [0.4, 0.5) is 0 Å². The first kappa shape index (κ1) is 14.4. The lowest BCUT2D eigenvalue weighted by molar-refractivity contribution is -0.138. The molecule has 2 aliphatic heterocycles. The SMILES string of the molecule is O=C1CSCN1CC(=O)N1CCC[C@@H]1Cc1ccccc1. The summed E-state index contributed by atoms with van der Waals surface area (Å²) < 4.78 is 0. The molecule has 0 spiro atoms. The average molecular weight is 304 g/mol. The normalized spacial score (nSPS) is 22.1. The van der Waals surface area contributed by atoms with Gasteiger partial charge in [-0.25, -0.2) is 0 Å². The van der Waals surface area contributed by atoms with Crippen LogP contribution in [-0.4, -0.2) is 52.4 Å². The topological polar surface area (TPSA) is 40.6 Å². The van der Waals surface area contributed by atoms with Crippen LogP contribution in [0.3, 0.4) is 0 Å². The average Bonchev–Trinajstić information content (AvgIpc) is 3.10. The Kier molecular flexibility index (Phi) is 4.48. The smallest absolute Gasteiger partial charge is 0.242 e. The molecule has 2 aliphatic rings. The van der Waals surface area contributed by atoms with Crippen molar-refractivity contribution in [3.8, 4) is 0 Å². The lowest BCUT2D eigenvalue weighted by Crippen LogP contribution is -2.43. The molecule has 112 valence electrons. The van der Waals surface area contributed by atoms with Crippen molar-refractivity contribution in [2.45, 2.75) is 25.3 Å². The Hall–Kier alpha value is -1.49. The first-order valence-corrected chi connectivity index (χ1v) is 8.58. The highest BCUT2D eigenvalue weighted by atomic mass is 32.2. The molecule has 1 aromatic rings. The number of hydrogen-bond donors (Lipinski definition) is 0. The second-order valence-corrected chi connectivity index (χ2v) is 6.60. The summed E-state index contributed by atoms with van der Waals surface area (Å²) in [6.07, 6.45) is 3.03. The Balaban J connectivity index is 1.60. The molecule has 0 aromatic heterocycles. The molecule has 2 saturated heterocycles. The summed E-state index contributed by atoms with van der Waals surface area (Å²) in [6, 6.07) is 10.6. The fourth-order valence-electron chi connectivity index (χ4n) is 3.06. The molecule has 21 heavy (non-hydrogen) atoms. The van der Waals surface area contributed by atoms with Gasteiger partial charge in [0.25, 0.3) is 0 Å². The number of carbonyl (C=O) groups excluding carboxylic acids is 2. The van der Waals surface area contributed by atoms with E-state index in [2.05, 4.69) is 12.1 Å². The van der Waals surface area contributed by atoms with Gasteiger partial charge in [0.15, 0.2) is 0 Å². The molecule has 0 N–H and O–H groups in total. The highest BCUT2D eigenvalue weighted by Crippen LogP contribution is 2.22. The van der Waals surface area contributed by atoms with Crippen molar-refractivity contribution in [1.82, 2.24) is 9.80 Å². The fourth-order valence-corrected chi connectivity index (χ4v) is 3.96. The maximum atomic E-state index is 12.5. The van der Waals surface area contributed by atoms with Crippen LogP contribution in [0, 0.1) is 0 Å². The minimum Gasteiger partial charge on any atom is -0.338 e. The van der Waals surface area contributed by atoms with E-state index in [1.807, 2.05) is 23.1 Å². The summed E-state index contributed by atoms with van der Waals surface area (Å²) in [5.41, 5.74) is 1.27. The molecule has 3 rings (SSSR count). The molecule has 0 aliphatic carbocycles. The fraction of sp³-hybridized carbons (Fsp3) is 0.500. The number of rotatable bonds is 4. The van der Waals surface area contributed by atoms with Crippen molar-refractivity contribution in [2.75, 3.05) is 24.7 Å². The van der Waals surface area contributed by atoms with Gasteiger partial charge < -0.3 is 9.80 Å². The third-order valence-electron chi connectivity index (χ3n) is 4.16. The van der Waals surface area contributed by atoms with Crippen molar-refractivity contribution in [2.24, 2.45) is 0 Å². The molecule has 2 heterocycles. The third-order valence-corrected chi connectivity index (χ3v) is 5.11. The number of hydrogen-bond acceptors (Lipinski definition) is 3. The molecule has 4 nitrogen and oxygen atoms in total. The van der Waals surface area contributed by atoms with Crippen LogP contribution >= 0.6 is 11.8 Å². The van der Waals surface area contributed by atoms with E-state index in [4.69, 9.17) is 0 Å². The summed E-state index contributed by atoms with van der Waals surface area (Å²) in [7, 11) is 0. The number of amides is 2. The predicted molar refractivity (Wildman–Crippen MR) is 83.9 cm³/mol. The molecular weight excluding hydrogens is 284 g/mol. The first-order chi connectivity index (χ1) is 10.2. The van der Waals surface area contributed by atoms with Crippen molar-refractivity contribution in [1.29, 1.82) is 0 Å². The van der Waals surface area contributed by atoms with Crippen molar-refractivity contribution >= 4 is 23.6 Å². The number of carbonyl (C=O) groups is 2. The van der Waals surface area contributed by atoms with E-state index in [0.29, 0.717) is 11.6 Å². The van der Waals surface area contributed by atoms with Gasteiger partial charge in [0, 0.05) is 12.6 Å². The minimum atomic E-state index is 0.0900. The van der Waals surface area contributed by atoms with Crippen molar-refractivity contribution in [3.05, 3.63) is 35.9 Å². The second-order valence-electron chi connectivity index (χ2n) is 5.64. The van der Waals surface area contributed by atoms with Crippen molar-refractivity contribution in [3.63, 3.8) is 0 Å². The Labute approximate surface area is 129 Å². The monoisotopic (exact) mass is 304 g/mol. The summed E-state index contributed by atoms with van der Waals surface area (Å²) in [6.45, 7) is 1.07. The molecule has 2 fully saturated rings. The third kappa shape index (κ3) is 3.40. The Morgan fingerprint density at radius 3 is 2.81 bits per heavy atom. The highest BCUT2D eigenvalue weighted by molar-refractivity contribution is 8.00. The van der Waals surface area contributed by atoms with E-state index < -0.39 is 0 Å². The zero-order valence-corrected chi connectivity index (χ0v) is 12.8. The van der Waals surface area contributed by atoms with Crippen LogP contribution < -0.4 is 0 Å². The van der Waals surface area contributed by atoms with Gasteiger partial charge in [0.2, 0.25) is 11.8 Å². The molecule has 0 radical (unpaired) electrons. The standard InChI is InChI=1S/C16H20N2O2S/c19-15(10-17-12-21-11-16(17)20)18-8-4-7-14(18)9-13-5-2-1-3-6-13/h1-3,5-6,14H,4,7-12H2/t14-/m1/s1. The van der Waals surface area contributed by atoms with Crippen LogP contribution in [0.5, 0.6) is 0 Å². The summed E-state index contributed by atoms with van der Waals surface area (Å²) >= 11 is 1.58. The van der Waals surface area contributed by atoms with Gasteiger partial charge in [-0.15, -0.1) is 11.8 Å². The van der Waals surface area contributed by atoms with Crippen LogP contribution in [0.2, 0.25) is 0 Å². The lowest BCUT2D eigenvalue weighted by atomic mass is 10.0. The molecule has 5 heteroatoms. The van der Waals surface area contributed by atoms with Gasteiger partial charge in [-0.2, -0.15) is 0 Å². The van der Waals surface area contributed by atoms with Crippen LogP contribution in [0.15, 0.2) is 30.3 Å². The number of benzene rings is 1. The van der Waals surface area contributed by atoms with Crippen LogP contribution in [-0.2, 0) is 16.0 Å². The molecule has 0 bridgehead atoms. The summed E-state index contributed by atoms with van der Waals surface area (Å²) in [4.78, 5) is 27.7. The zero-order valence-electron chi connectivity index (χ0n) is 12.0. The second kappa shape index (κ2) is 6.52. The first-order valence-electron chi connectivity index (χ1n) is 7.43. The number of nitrogens with zero attached hydrogens (tertiary/aromatic N) is 2. The van der Waals surface area contributed by atoms with E-state index in [-0.39, 0.29) is 24.4 Å². The van der Waals surface area contributed by atoms with E-state index in [9.17, 15) is 9.59 Å². The molecule has 1 atom stereocenters. The number of likely N-dealkylation sites (tertiary alicyclic amines) is 1. The molecular formula is C16H20N2O2S. The van der Waals surface area contributed by atoms with Gasteiger partial charge in [-0.3, -0.25) is 9.59 Å². The Bertz CT molecular complexity index is 520. The quantitative estimate of drug-likeness (QED) is 0.851. The van der Waals surface area contributed by atoms with Gasteiger partial charge >= 0.3 is 0 Å². The van der Waals surface area contributed by atoms with E-state index >= 15 is 0 Å². The van der Waals surface area contributed by atoms with Gasteiger partial charge in [-0.05, 0) is 24.8 Å². The molecule has 2 amide bonds. The maximum Gasteiger partial charge on any atom is 0.242 e. The van der Waals surface area contributed by atoms with Gasteiger partial charge in [-0.1, -0.05) is 30.3 Å². The Morgan fingerprint density at radius 2 is 2.10 bits per heavy atom. The van der Waals surface area contributed by atoms with E-state index in [1.54, 1.807) is 16.7 Å². The Morgan fingerprint density at radius 1 is 1.29 bits per heavy atom. The van der Waals surface area contributed by atoms with Crippen LogP contribution in [0.1, 0.15) is 18.4 Å². The molecule has 0 saturated carbocycles. The van der Waals surface area contributed by atoms with E-state index in [1.165, 1.54) is 5.56 Å². The zero-order chi connectivity index (χ0) is 14.7. The maximum absolute atomic E-state index is 12.5. The molecule has 1 aromatic carbocycles. The van der Waals surface area contributed by atoms with Gasteiger partial charge in [0.1, 0.15) is 6.54 Å². The van der Waals surface area contributed by atoms with Crippen LogP contribution in [0.25, 0.3) is 0 Å². The summed E-state index contributed by atoms with van der Waals surface area (Å²) in [5.74, 6) is 1.36. The van der Waals surface area contributed by atoms with Gasteiger partial charge in [0.05, 0.1) is 11.6 Å². The summed E-state index contributed by atoms with van der Waals surface area (Å²) in [5, 5.41) is 0. The van der Waals surface area contributed by atoms with E-state index in [0.717, 1.165) is 25.8 Å². The lowest BCUT2D eigenvalue weighted by Gasteiger charge is -2.27.